The first-order chi connectivity index (χ1) is 9.88. The van der Waals surface area contributed by atoms with Gasteiger partial charge in [-0.2, -0.15) is 0 Å². The van der Waals surface area contributed by atoms with Crippen LogP contribution in [-0.2, 0) is 6.54 Å². The number of nitrogens with zero attached hydrogens (tertiary/aromatic N) is 1. The summed E-state index contributed by atoms with van der Waals surface area (Å²) in [6.07, 6.45) is 5.30. The Kier molecular flexibility index (Phi) is 8.53. The van der Waals surface area contributed by atoms with Crippen LogP contribution in [0.1, 0.15) is 65.2 Å². The van der Waals surface area contributed by atoms with Gasteiger partial charge in [0, 0.05) is 23.0 Å². The minimum Gasteiger partial charge on any atom is -0.312 e. The fourth-order valence-corrected chi connectivity index (χ4v) is 3.11. The molecule has 1 rings (SSSR count). The molecule has 1 aromatic rings. The smallest absolute Gasteiger partial charge is 0.0330 e. The van der Waals surface area contributed by atoms with Gasteiger partial charge in [-0.1, -0.05) is 18.9 Å². The summed E-state index contributed by atoms with van der Waals surface area (Å²) in [6.45, 7) is 14.8. The van der Waals surface area contributed by atoms with Crippen molar-refractivity contribution in [3.8, 4) is 0 Å². The van der Waals surface area contributed by atoms with Crippen LogP contribution in [0.25, 0.3) is 0 Å². The fraction of sp³-hybridized carbons (Fsp3) is 0.778. The van der Waals surface area contributed by atoms with Crippen molar-refractivity contribution in [3.05, 3.63) is 22.4 Å². The highest BCUT2D eigenvalue weighted by Gasteiger charge is 2.10. The van der Waals surface area contributed by atoms with E-state index in [1.807, 2.05) is 11.3 Å². The minimum atomic E-state index is 0.259. The third-order valence-electron chi connectivity index (χ3n) is 3.70. The molecule has 1 aromatic heterocycles. The first kappa shape index (κ1) is 18.7. The summed E-state index contributed by atoms with van der Waals surface area (Å²) in [7, 11) is 0. The molecule has 1 N–H and O–H groups in total. The van der Waals surface area contributed by atoms with Crippen LogP contribution in [0.2, 0.25) is 0 Å². The predicted molar refractivity (Wildman–Crippen MR) is 96.1 cm³/mol. The van der Waals surface area contributed by atoms with Gasteiger partial charge in [0.15, 0.2) is 0 Å². The topological polar surface area (TPSA) is 15.3 Å². The lowest BCUT2D eigenvalue weighted by atomic mass is 10.1. The van der Waals surface area contributed by atoms with Gasteiger partial charge in [-0.3, -0.25) is 4.90 Å². The van der Waals surface area contributed by atoms with E-state index in [9.17, 15) is 0 Å². The summed E-state index contributed by atoms with van der Waals surface area (Å²) in [5.74, 6) is 0. The van der Waals surface area contributed by atoms with Crippen molar-refractivity contribution in [1.29, 1.82) is 0 Å². The number of rotatable bonds is 10. The molecule has 1 heterocycles. The molecule has 0 unspecified atom stereocenters. The molecule has 122 valence electrons. The molecule has 0 saturated carbocycles. The fourth-order valence-electron chi connectivity index (χ4n) is 2.38. The number of hydrogen-bond donors (Lipinski definition) is 1. The van der Waals surface area contributed by atoms with E-state index in [-0.39, 0.29) is 5.54 Å². The van der Waals surface area contributed by atoms with Gasteiger partial charge in [-0.25, -0.2) is 0 Å². The maximum atomic E-state index is 3.56. The molecule has 0 aromatic carbocycles. The standard InChI is InChI=1S/C18H34N2S/c1-16(2)20(15-17-11-10-14-21-17)13-9-7-6-8-12-19-18(3,4)5/h10-11,14,16,19H,6-9,12-13,15H2,1-5H3. The van der Waals surface area contributed by atoms with Crippen LogP contribution >= 0.6 is 11.3 Å². The predicted octanol–water partition coefficient (Wildman–Crippen LogP) is 4.91. The summed E-state index contributed by atoms with van der Waals surface area (Å²) in [6, 6.07) is 5.04. The Labute approximate surface area is 135 Å². The van der Waals surface area contributed by atoms with E-state index in [1.165, 1.54) is 37.1 Å². The summed E-state index contributed by atoms with van der Waals surface area (Å²) in [5.41, 5.74) is 0.259. The van der Waals surface area contributed by atoms with E-state index in [2.05, 4.69) is 62.3 Å². The third kappa shape index (κ3) is 9.28. The van der Waals surface area contributed by atoms with Gasteiger partial charge >= 0.3 is 0 Å². The second-order valence-corrected chi connectivity index (χ2v) is 8.27. The highest BCUT2D eigenvalue weighted by molar-refractivity contribution is 7.09. The monoisotopic (exact) mass is 310 g/mol. The van der Waals surface area contributed by atoms with Gasteiger partial charge < -0.3 is 5.32 Å². The highest BCUT2D eigenvalue weighted by Crippen LogP contribution is 2.15. The summed E-state index contributed by atoms with van der Waals surface area (Å²) < 4.78 is 0. The van der Waals surface area contributed by atoms with Crippen LogP contribution in [0.5, 0.6) is 0 Å². The number of thiophene rings is 1. The SMILES string of the molecule is CC(C)N(CCCCCCNC(C)(C)C)Cc1cccs1. The number of nitrogens with one attached hydrogen (secondary N) is 1. The zero-order valence-corrected chi connectivity index (χ0v) is 15.4. The Hall–Kier alpha value is -0.380. The zero-order valence-electron chi connectivity index (χ0n) is 14.6. The van der Waals surface area contributed by atoms with Crippen LogP contribution in [0, 0.1) is 0 Å². The highest BCUT2D eigenvalue weighted by atomic mass is 32.1. The second kappa shape index (κ2) is 9.60. The van der Waals surface area contributed by atoms with Crippen molar-refractivity contribution in [3.63, 3.8) is 0 Å². The van der Waals surface area contributed by atoms with Gasteiger partial charge in [0.1, 0.15) is 0 Å². The Bertz CT molecular complexity index is 352. The molecule has 21 heavy (non-hydrogen) atoms. The average Bonchev–Trinajstić information content (AvgIpc) is 2.87. The van der Waals surface area contributed by atoms with E-state index in [0.29, 0.717) is 6.04 Å². The molecule has 0 atom stereocenters. The van der Waals surface area contributed by atoms with Gasteiger partial charge in [0.25, 0.3) is 0 Å². The summed E-state index contributed by atoms with van der Waals surface area (Å²) >= 11 is 1.87. The lowest BCUT2D eigenvalue weighted by Crippen LogP contribution is -2.36. The van der Waals surface area contributed by atoms with Crippen molar-refractivity contribution >= 4 is 11.3 Å². The maximum absolute atomic E-state index is 3.56. The van der Waals surface area contributed by atoms with Crippen molar-refractivity contribution in [2.24, 2.45) is 0 Å². The first-order valence-electron chi connectivity index (χ1n) is 8.40. The lowest BCUT2D eigenvalue weighted by molar-refractivity contribution is 0.209. The Morgan fingerprint density at radius 2 is 1.86 bits per heavy atom. The normalized spacial score (nSPS) is 12.5. The van der Waals surface area contributed by atoms with Crippen LogP contribution in [0.4, 0.5) is 0 Å². The van der Waals surface area contributed by atoms with Crippen LogP contribution in [-0.4, -0.2) is 29.6 Å². The molecule has 0 bridgehead atoms. The van der Waals surface area contributed by atoms with E-state index >= 15 is 0 Å². The molecule has 0 amide bonds. The van der Waals surface area contributed by atoms with Gasteiger partial charge in [-0.15, -0.1) is 11.3 Å². The van der Waals surface area contributed by atoms with E-state index in [0.717, 1.165) is 13.1 Å². The molecule has 0 spiro atoms. The molecule has 0 aliphatic heterocycles. The minimum absolute atomic E-state index is 0.259. The van der Waals surface area contributed by atoms with Crippen LogP contribution in [0.3, 0.4) is 0 Å². The van der Waals surface area contributed by atoms with E-state index < -0.39 is 0 Å². The van der Waals surface area contributed by atoms with Crippen LogP contribution in [0.15, 0.2) is 17.5 Å². The van der Waals surface area contributed by atoms with Crippen molar-refractivity contribution < 1.29 is 0 Å². The molecular weight excluding hydrogens is 276 g/mol. The van der Waals surface area contributed by atoms with Crippen molar-refractivity contribution in [1.82, 2.24) is 10.2 Å². The number of hydrogen-bond acceptors (Lipinski definition) is 3. The molecule has 0 radical (unpaired) electrons. The Balaban J connectivity index is 2.11. The molecule has 2 nitrogen and oxygen atoms in total. The third-order valence-corrected chi connectivity index (χ3v) is 4.56. The largest absolute Gasteiger partial charge is 0.312 e. The van der Waals surface area contributed by atoms with Crippen LogP contribution < -0.4 is 5.32 Å². The lowest BCUT2D eigenvalue weighted by Gasteiger charge is -2.26. The van der Waals surface area contributed by atoms with Gasteiger partial charge in [0.2, 0.25) is 0 Å². The van der Waals surface area contributed by atoms with Crippen molar-refractivity contribution in [2.45, 2.75) is 78.4 Å². The zero-order chi connectivity index (χ0) is 15.7. The van der Waals surface area contributed by atoms with Crippen molar-refractivity contribution in [2.75, 3.05) is 13.1 Å². The second-order valence-electron chi connectivity index (χ2n) is 7.23. The molecule has 0 saturated heterocycles. The summed E-state index contributed by atoms with van der Waals surface area (Å²) in [5, 5.41) is 5.74. The molecular formula is C18H34N2S. The van der Waals surface area contributed by atoms with E-state index in [4.69, 9.17) is 0 Å². The number of unbranched alkanes of at least 4 members (excludes halogenated alkanes) is 3. The van der Waals surface area contributed by atoms with Gasteiger partial charge in [-0.05, 0) is 72.0 Å². The molecule has 3 heteroatoms. The average molecular weight is 311 g/mol. The molecule has 0 aliphatic rings. The Morgan fingerprint density at radius 1 is 1.14 bits per heavy atom. The van der Waals surface area contributed by atoms with Gasteiger partial charge in [0.05, 0.1) is 0 Å². The maximum Gasteiger partial charge on any atom is 0.0330 e. The molecule has 0 aliphatic carbocycles. The molecule has 0 fully saturated rings. The summed E-state index contributed by atoms with van der Waals surface area (Å²) in [4.78, 5) is 4.08. The Morgan fingerprint density at radius 3 is 2.43 bits per heavy atom. The first-order valence-corrected chi connectivity index (χ1v) is 9.28. The quantitative estimate of drug-likeness (QED) is 0.618. The van der Waals surface area contributed by atoms with E-state index in [1.54, 1.807) is 0 Å².